The van der Waals surface area contributed by atoms with Gasteiger partial charge in [0.05, 0.1) is 10.5 Å². The van der Waals surface area contributed by atoms with Gasteiger partial charge in [-0.05, 0) is 44.0 Å². The third kappa shape index (κ3) is 2.98. The Morgan fingerprint density at radius 3 is 2.25 bits per heavy atom. The molecule has 1 aromatic carbocycles. The van der Waals surface area contributed by atoms with Crippen molar-refractivity contribution in [3.05, 3.63) is 29.8 Å². The molecule has 2 rings (SSSR count). The van der Waals surface area contributed by atoms with Crippen LogP contribution in [-0.4, -0.2) is 36.7 Å². The molecule has 1 atom stereocenters. The summed E-state index contributed by atoms with van der Waals surface area (Å²) in [5.74, 6) is -1.65. The number of carbonyl (C=O) groups excluding carboxylic acids is 1. The van der Waals surface area contributed by atoms with Gasteiger partial charge in [-0.2, -0.15) is 0 Å². The van der Waals surface area contributed by atoms with Gasteiger partial charge < -0.3 is 10.4 Å². The molecule has 1 unspecified atom stereocenters. The normalized spacial score (nSPS) is 16.4. The van der Waals surface area contributed by atoms with Gasteiger partial charge in [0.15, 0.2) is 9.84 Å². The van der Waals surface area contributed by atoms with Crippen LogP contribution in [0, 0.1) is 0 Å². The van der Waals surface area contributed by atoms with Crippen LogP contribution in [0.1, 0.15) is 30.1 Å². The average molecular weight is 297 g/mol. The van der Waals surface area contributed by atoms with E-state index in [4.69, 9.17) is 5.11 Å². The minimum Gasteiger partial charge on any atom is -0.478 e. The molecule has 1 saturated carbocycles. The molecule has 1 amide bonds. The largest absolute Gasteiger partial charge is 0.478 e. The standard InChI is InChI=1S/C13H15NO5S/c1-8(12(15)14-10-4-5-10)20(18,19)11-6-2-9(3-7-11)13(16)17/h2-3,6-8,10H,4-5H2,1H3,(H,14,15)(H,16,17). The number of nitrogens with one attached hydrogen (secondary N) is 1. The molecule has 20 heavy (non-hydrogen) atoms. The number of carbonyl (C=O) groups is 2. The highest BCUT2D eigenvalue weighted by molar-refractivity contribution is 7.92. The van der Waals surface area contributed by atoms with E-state index < -0.39 is 27.0 Å². The average Bonchev–Trinajstić information content (AvgIpc) is 3.21. The molecule has 0 saturated heterocycles. The number of sulfone groups is 1. The lowest BCUT2D eigenvalue weighted by molar-refractivity contribution is -0.120. The van der Waals surface area contributed by atoms with Crippen LogP contribution in [0.3, 0.4) is 0 Å². The quantitative estimate of drug-likeness (QED) is 0.838. The Morgan fingerprint density at radius 2 is 1.80 bits per heavy atom. The highest BCUT2D eigenvalue weighted by Gasteiger charge is 2.33. The zero-order valence-corrected chi connectivity index (χ0v) is 11.7. The van der Waals surface area contributed by atoms with Crippen molar-refractivity contribution in [2.75, 3.05) is 0 Å². The first-order chi connectivity index (χ1) is 9.32. The van der Waals surface area contributed by atoms with E-state index in [9.17, 15) is 18.0 Å². The van der Waals surface area contributed by atoms with E-state index in [0.717, 1.165) is 12.8 Å². The highest BCUT2D eigenvalue weighted by atomic mass is 32.2. The van der Waals surface area contributed by atoms with E-state index in [0.29, 0.717) is 0 Å². The van der Waals surface area contributed by atoms with Crippen LogP contribution in [0.15, 0.2) is 29.2 Å². The number of benzene rings is 1. The highest BCUT2D eigenvalue weighted by Crippen LogP contribution is 2.21. The van der Waals surface area contributed by atoms with Gasteiger partial charge in [0.2, 0.25) is 5.91 Å². The first-order valence-electron chi connectivity index (χ1n) is 6.20. The van der Waals surface area contributed by atoms with Crippen molar-refractivity contribution in [2.24, 2.45) is 0 Å². The molecule has 0 bridgehead atoms. The van der Waals surface area contributed by atoms with Crippen molar-refractivity contribution in [3.63, 3.8) is 0 Å². The smallest absolute Gasteiger partial charge is 0.335 e. The topological polar surface area (TPSA) is 101 Å². The maximum atomic E-state index is 12.2. The summed E-state index contributed by atoms with van der Waals surface area (Å²) in [4.78, 5) is 22.5. The Balaban J connectivity index is 2.19. The predicted molar refractivity (Wildman–Crippen MR) is 71.2 cm³/mol. The van der Waals surface area contributed by atoms with Crippen LogP contribution in [-0.2, 0) is 14.6 Å². The van der Waals surface area contributed by atoms with E-state index in [2.05, 4.69) is 5.32 Å². The van der Waals surface area contributed by atoms with E-state index in [1.165, 1.54) is 31.2 Å². The molecule has 6 nitrogen and oxygen atoms in total. The molecule has 0 radical (unpaired) electrons. The number of aromatic carboxylic acids is 1. The van der Waals surface area contributed by atoms with Crippen molar-refractivity contribution >= 4 is 21.7 Å². The van der Waals surface area contributed by atoms with Gasteiger partial charge in [-0.15, -0.1) is 0 Å². The van der Waals surface area contributed by atoms with E-state index in [-0.39, 0.29) is 16.5 Å². The summed E-state index contributed by atoms with van der Waals surface area (Å²) in [5.41, 5.74) is -0.000894. The Labute approximate surface area is 116 Å². The number of amides is 1. The summed E-state index contributed by atoms with van der Waals surface area (Å²) in [7, 11) is -3.80. The maximum absolute atomic E-state index is 12.2. The lowest BCUT2D eigenvalue weighted by Crippen LogP contribution is -2.39. The number of hydrogen-bond donors (Lipinski definition) is 2. The van der Waals surface area contributed by atoms with Gasteiger partial charge in [0, 0.05) is 6.04 Å². The Morgan fingerprint density at radius 1 is 1.25 bits per heavy atom. The van der Waals surface area contributed by atoms with Crippen LogP contribution in [0.2, 0.25) is 0 Å². The van der Waals surface area contributed by atoms with Gasteiger partial charge in [-0.1, -0.05) is 0 Å². The van der Waals surface area contributed by atoms with Crippen molar-refractivity contribution in [1.29, 1.82) is 0 Å². The van der Waals surface area contributed by atoms with Gasteiger partial charge in [-0.3, -0.25) is 4.79 Å². The van der Waals surface area contributed by atoms with E-state index in [1.54, 1.807) is 0 Å². The molecule has 1 aromatic rings. The summed E-state index contributed by atoms with van der Waals surface area (Å²) in [6, 6.07) is 4.93. The fourth-order valence-corrected chi connectivity index (χ4v) is 2.95. The molecule has 0 aromatic heterocycles. The first-order valence-corrected chi connectivity index (χ1v) is 7.74. The van der Waals surface area contributed by atoms with Crippen LogP contribution >= 0.6 is 0 Å². The van der Waals surface area contributed by atoms with Crippen molar-refractivity contribution in [2.45, 2.75) is 36.0 Å². The lowest BCUT2D eigenvalue weighted by atomic mass is 10.2. The Hall–Kier alpha value is -1.89. The van der Waals surface area contributed by atoms with Crippen molar-refractivity contribution in [3.8, 4) is 0 Å². The molecule has 1 aliphatic rings. The zero-order valence-electron chi connectivity index (χ0n) is 10.9. The van der Waals surface area contributed by atoms with Crippen molar-refractivity contribution < 1.29 is 23.1 Å². The second kappa shape index (κ2) is 5.24. The SMILES string of the molecule is CC(C(=O)NC1CC1)S(=O)(=O)c1ccc(C(=O)O)cc1. The molecule has 0 heterocycles. The predicted octanol–water partition coefficient (Wildman–Crippen LogP) is 0.826. The maximum Gasteiger partial charge on any atom is 0.335 e. The van der Waals surface area contributed by atoms with E-state index in [1.807, 2.05) is 0 Å². The monoisotopic (exact) mass is 297 g/mol. The van der Waals surface area contributed by atoms with Gasteiger partial charge in [-0.25, -0.2) is 13.2 Å². The molecular weight excluding hydrogens is 282 g/mol. The van der Waals surface area contributed by atoms with Crippen molar-refractivity contribution in [1.82, 2.24) is 5.32 Å². The molecule has 7 heteroatoms. The summed E-state index contributed by atoms with van der Waals surface area (Å²) in [5, 5.41) is 10.2. The van der Waals surface area contributed by atoms with Gasteiger partial charge in [0.25, 0.3) is 0 Å². The van der Waals surface area contributed by atoms with E-state index >= 15 is 0 Å². The zero-order chi connectivity index (χ0) is 14.9. The van der Waals surface area contributed by atoms with Gasteiger partial charge >= 0.3 is 5.97 Å². The summed E-state index contributed by atoms with van der Waals surface area (Å²) < 4.78 is 24.5. The number of carboxylic acids is 1. The Kier molecular flexibility index (Phi) is 3.80. The summed E-state index contributed by atoms with van der Waals surface area (Å²) >= 11 is 0. The molecule has 108 valence electrons. The second-order valence-corrected chi connectivity index (χ2v) is 7.07. The lowest BCUT2D eigenvalue weighted by Gasteiger charge is -2.13. The number of rotatable bonds is 5. The fraction of sp³-hybridized carbons (Fsp3) is 0.385. The number of carboxylic acid groups (broad SMARTS) is 1. The molecule has 1 aliphatic carbocycles. The minimum atomic E-state index is -3.80. The summed E-state index contributed by atoms with van der Waals surface area (Å²) in [6.45, 7) is 1.33. The number of hydrogen-bond acceptors (Lipinski definition) is 4. The Bertz CT molecular complexity index is 631. The van der Waals surface area contributed by atoms with Crippen LogP contribution < -0.4 is 5.32 Å². The molecule has 0 spiro atoms. The molecule has 0 aliphatic heterocycles. The summed E-state index contributed by atoms with van der Waals surface area (Å²) in [6.07, 6.45) is 1.76. The molecular formula is C13H15NO5S. The minimum absolute atomic E-state index is 0.000894. The molecule has 1 fully saturated rings. The fourth-order valence-electron chi connectivity index (χ4n) is 1.68. The third-order valence-electron chi connectivity index (χ3n) is 3.19. The van der Waals surface area contributed by atoms with Crippen LogP contribution in [0.25, 0.3) is 0 Å². The third-order valence-corrected chi connectivity index (χ3v) is 5.26. The van der Waals surface area contributed by atoms with Crippen LogP contribution in [0.5, 0.6) is 0 Å². The molecule has 2 N–H and O–H groups in total. The second-order valence-electron chi connectivity index (χ2n) is 4.80. The van der Waals surface area contributed by atoms with Gasteiger partial charge in [0.1, 0.15) is 5.25 Å². The van der Waals surface area contributed by atoms with Crippen LogP contribution in [0.4, 0.5) is 0 Å². The first kappa shape index (κ1) is 14.5.